The summed E-state index contributed by atoms with van der Waals surface area (Å²) in [6.45, 7) is 3.71. The van der Waals surface area contributed by atoms with Gasteiger partial charge in [0.15, 0.2) is 5.60 Å². The molecule has 2 saturated heterocycles. The van der Waals surface area contributed by atoms with E-state index < -0.39 is 5.60 Å². The molecule has 0 bridgehead atoms. The molecule has 2 atom stereocenters. The molecular formula is C17H23NO2S. The Morgan fingerprint density at radius 3 is 2.71 bits per heavy atom. The molecular weight excluding hydrogens is 282 g/mol. The first-order valence-electron chi connectivity index (χ1n) is 7.69. The number of carbonyl (C=O) groups is 1. The molecule has 21 heavy (non-hydrogen) atoms. The van der Waals surface area contributed by atoms with Crippen molar-refractivity contribution in [2.24, 2.45) is 0 Å². The summed E-state index contributed by atoms with van der Waals surface area (Å²) in [5.41, 5.74) is 0.159. The standard InChI is InChI=1S/C17H23NO2S/c1-16(14-6-3-2-4-7-14)8-5-10-18(12-16)15(19)17(20)9-11-21-13-17/h2-4,6-7,20H,5,8-13H2,1H3. The van der Waals surface area contributed by atoms with Crippen LogP contribution < -0.4 is 0 Å². The maximum Gasteiger partial charge on any atom is 0.255 e. The number of nitrogens with zero attached hydrogens (tertiary/aromatic N) is 1. The third-order valence-electron chi connectivity index (χ3n) is 4.85. The smallest absolute Gasteiger partial charge is 0.255 e. The maximum atomic E-state index is 12.7. The van der Waals surface area contributed by atoms with Crippen LogP contribution in [0.3, 0.4) is 0 Å². The molecule has 114 valence electrons. The van der Waals surface area contributed by atoms with Gasteiger partial charge in [-0.3, -0.25) is 4.79 Å². The first-order valence-corrected chi connectivity index (χ1v) is 8.84. The van der Waals surface area contributed by atoms with Crippen LogP contribution in [0.1, 0.15) is 31.7 Å². The summed E-state index contributed by atoms with van der Waals surface area (Å²) in [7, 11) is 0. The van der Waals surface area contributed by atoms with Gasteiger partial charge in [-0.1, -0.05) is 37.3 Å². The maximum absolute atomic E-state index is 12.7. The number of likely N-dealkylation sites (tertiary alicyclic amines) is 1. The topological polar surface area (TPSA) is 40.5 Å². The molecule has 2 aliphatic heterocycles. The van der Waals surface area contributed by atoms with Crippen molar-refractivity contribution in [3.8, 4) is 0 Å². The van der Waals surface area contributed by atoms with Crippen LogP contribution in [0.25, 0.3) is 0 Å². The Balaban J connectivity index is 1.78. The van der Waals surface area contributed by atoms with Crippen LogP contribution in [0.5, 0.6) is 0 Å². The molecule has 2 fully saturated rings. The van der Waals surface area contributed by atoms with Gasteiger partial charge in [-0.15, -0.1) is 0 Å². The summed E-state index contributed by atoms with van der Waals surface area (Å²) in [6, 6.07) is 10.4. The molecule has 0 spiro atoms. The van der Waals surface area contributed by atoms with Gasteiger partial charge in [0.25, 0.3) is 5.91 Å². The Morgan fingerprint density at radius 1 is 1.29 bits per heavy atom. The van der Waals surface area contributed by atoms with Crippen molar-refractivity contribution in [3.63, 3.8) is 0 Å². The molecule has 2 unspecified atom stereocenters. The number of hydrogen-bond acceptors (Lipinski definition) is 3. The minimum absolute atomic E-state index is 0.00270. The molecule has 1 aromatic carbocycles. The zero-order valence-corrected chi connectivity index (χ0v) is 13.4. The van der Waals surface area contributed by atoms with Crippen LogP contribution >= 0.6 is 11.8 Å². The molecule has 3 nitrogen and oxygen atoms in total. The van der Waals surface area contributed by atoms with E-state index in [1.54, 1.807) is 11.8 Å². The summed E-state index contributed by atoms with van der Waals surface area (Å²) in [4.78, 5) is 14.6. The summed E-state index contributed by atoms with van der Waals surface area (Å²) >= 11 is 1.67. The zero-order valence-electron chi connectivity index (χ0n) is 12.5. The van der Waals surface area contributed by atoms with E-state index >= 15 is 0 Å². The molecule has 1 amide bonds. The van der Waals surface area contributed by atoms with Gasteiger partial charge >= 0.3 is 0 Å². The van der Waals surface area contributed by atoms with Gasteiger partial charge in [0.2, 0.25) is 0 Å². The Bertz CT molecular complexity index is 513. The lowest BCUT2D eigenvalue weighted by Crippen LogP contribution is -2.55. The van der Waals surface area contributed by atoms with Gasteiger partial charge in [0.1, 0.15) is 0 Å². The van der Waals surface area contributed by atoms with Gasteiger partial charge < -0.3 is 10.0 Å². The second-order valence-electron chi connectivity index (χ2n) is 6.59. The fourth-order valence-corrected chi connectivity index (χ4v) is 4.74. The summed E-state index contributed by atoms with van der Waals surface area (Å²) in [6.07, 6.45) is 2.68. The SMILES string of the molecule is CC1(c2ccccc2)CCCN(C(=O)C2(O)CCSC2)C1. The highest BCUT2D eigenvalue weighted by Crippen LogP contribution is 2.36. The van der Waals surface area contributed by atoms with Crippen LogP contribution in [0, 0.1) is 0 Å². The van der Waals surface area contributed by atoms with Gasteiger partial charge in [-0.25, -0.2) is 0 Å². The summed E-state index contributed by atoms with van der Waals surface area (Å²) in [5.74, 6) is 1.37. The monoisotopic (exact) mass is 305 g/mol. The molecule has 0 aromatic heterocycles. The van der Waals surface area contributed by atoms with Crippen molar-refractivity contribution in [1.82, 2.24) is 4.90 Å². The number of hydrogen-bond donors (Lipinski definition) is 1. The van der Waals surface area contributed by atoms with Crippen molar-refractivity contribution < 1.29 is 9.90 Å². The number of aliphatic hydroxyl groups is 1. The van der Waals surface area contributed by atoms with E-state index in [-0.39, 0.29) is 11.3 Å². The molecule has 0 aliphatic carbocycles. The molecule has 1 N–H and O–H groups in total. The number of carbonyl (C=O) groups excluding carboxylic acids is 1. The lowest BCUT2D eigenvalue weighted by Gasteiger charge is -2.43. The Morgan fingerprint density at radius 2 is 2.05 bits per heavy atom. The molecule has 0 saturated carbocycles. The van der Waals surface area contributed by atoms with Crippen LogP contribution in [-0.4, -0.2) is 46.1 Å². The first-order chi connectivity index (χ1) is 10.0. The lowest BCUT2D eigenvalue weighted by atomic mass is 9.75. The minimum atomic E-state index is -1.13. The van der Waals surface area contributed by atoms with Gasteiger partial charge in [0.05, 0.1) is 0 Å². The summed E-state index contributed by atoms with van der Waals surface area (Å²) in [5, 5.41) is 10.5. The molecule has 2 heterocycles. The second-order valence-corrected chi connectivity index (χ2v) is 7.70. The van der Waals surface area contributed by atoms with Gasteiger partial charge in [-0.05, 0) is 30.6 Å². The number of benzene rings is 1. The number of thioether (sulfide) groups is 1. The van der Waals surface area contributed by atoms with Crippen LogP contribution in [0.4, 0.5) is 0 Å². The highest BCUT2D eigenvalue weighted by molar-refractivity contribution is 7.99. The third-order valence-corrected chi connectivity index (χ3v) is 6.03. The van der Waals surface area contributed by atoms with Crippen LogP contribution in [0.2, 0.25) is 0 Å². The molecule has 0 radical (unpaired) electrons. The lowest BCUT2D eigenvalue weighted by molar-refractivity contribution is -0.151. The molecule has 2 aliphatic rings. The van der Waals surface area contributed by atoms with E-state index in [0.717, 1.165) is 25.1 Å². The van der Waals surface area contributed by atoms with Gasteiger partial charge in [-0.2, -0.15) is 11.8 Å². The molecule has 4 heteroatoms. The van der Waals surface area contributed by atoms with Crippen LogP contribution in [0.15, 0.2) is 30.3 Å². The number of amides is 1. The van der Waals surface area contributed by atoms with Crippen molar-refractivity contribution in [2.45, 2.75) is 37.2 Å². The van der Waals surface area contributed by atoms with Crippen molar-refractivity contribution in [3.05, 3.63) is 35.9 Å². The van der Waals surface area contributed by atoms with Crippen LogP contribution in [-0.2, 0) is 10.2 Å². The number of piperidine rings is 1. The Labute approximate surface area is 130 Å². The van der Waals surface area contributed by atoms with E-state index in [9.17, 15) is 9.90 Å². The van der Waals surface area contributed by atoms with E-state index in [2.05, 4.69) is 31.2 Å². The second kappa shape index (κ2) is 5.65. The predicted molar refractivity (Wildman–Crippen MR) is 86.5 cm³/mol. The summed E-state index contributed by atoms with van der Waals surface area (Å²) < 4.78 is 0. The quantitative estimate of drug-likeness (QED) is 0.912. The van der Waals surface area contributed by atoms with Crippen molar-refractivity contribution in [1.29, 1.82) is 0 Å². The highest BCUT2D eigenvalue weighted by atomic mass is 32.2. The van der Waals surface area contributed by atoms with E-state index in [1.165, 1.54) is 5.56 Å². The minimum Gasteiger partial charge on any atom is -0.379 e. The van der Waals surface area contributed by atoms with E-state index in [1.807, 2.05) is 11.0 Å². The Hall–Kier alpha value is -1.000. The van der Waals surface area contributed by atoms with E-state index in [0.29, 0.717) is 18.7 Å². The normalized spacial score (nSPS) is 33.1. The molecule has 1 aromatic rings. The fourth-order valence-electron chi connectivity index (χ4n) is 3.51. The zero-order chi connectivity index (χ0) is 14.9. The van der Waals surface area contributed by atoms with Crippen molar-refractivity contribution >= 4 is 17.7 Å². The van der Waals surface area contributed by atoms with Gasteiger partial charge in [0, 0.05) is 24.3 Å². The third kappa shape index (κ3) is 2.84. The average Bonchev–Trinajstić information content (AvgIpc) is 2.95. The molecule has 3 rings (SSSR count). The largest absolute Gasteiger partial charge is 0.379 e. The fraction of sp³-hybridized carbons (Fsp3) is 0.588. The highest BCUT2D eigenvalue weighted by Gasteiger charge is 2.45. The average molecular weight is 305 g/mol. The van der Waals surface area contributed by atoms with Crippen molar-refractivity contribution in [2.75, 3.05) is 24.6 Å². The number of rotatable bonds is 2. The van der Waals surface area contributed by atoms with E-state index in [4.69, 9.17) is 0 Å². The Kier molecular flexibility index (Phi) is 4.02. The first kappa shape index (κ1) is 14.9. The predicted octanol–water partition coefficient (Wildman–Crippen LogP) is 2.43.